The van der Waals surface area contributed by atoms with Crippen molar-refractivity contribution >= 4 is 11.1 Å². The van der Waals surface area contributed by atoms with E-state index in [0.717, 1.165) is 5.52 Å². The zero-order valence-electron chi connectivity index (χ0n) is 13.1. The van der Waals surface area contributed by atoms with E-state index in [-0.39, 0.29) is 11.2 Å². The zero-order valence-corrected chi connectivity index (χ0v) is 13.1. The van der Waals surface area contributed by atoms with Crippen molar-refractivity contribution in [3.8, 4) is 17.2 Å². The van der Waals surface area contributed by atoms with Gasteiger partial charge in [-0.1, -0.05) is 26.8 Å². The first-order chi connectivity index (χ1) is 10.4. The number of hydrogen-bond acceptors (Lipinski definition) is 3. The van der Waals surface area contributed by atoms with Crippen LogP contribution in [0.25, 0.3) is 22.6 Å². The van der Waals surface area contributed by atoms with Crippen LogP contribution in [0.15, 0.2) is 40.8 Å². The molecule has 3 nitrogen and oxygen atoms in total. The lowest BCUT2D eigenvalue weighted by molar-refractivity contribution is 0.386. The standard InChI is InChI=1S/C18H18FNO2/c1-18(2,3)12-6-8-16-14(10-12)20-17(22-16)11-5-7-15(21-4)13(19)9-11/h5-10H,1-4H3. The number of benzene rings is 2. The van der Waals surface area contributed by atoms with Crippen LogP contribution in [-0.4, -0.2) is 12.1 Å². The van der Waals surface area contributed by atoms with E-state index in [9.17, 15) is 4.39 Å². The first-order valence-electron chi connectivity index (χ1n) is 7.13. The van der Waals surface area contributed by atoms with Crippen LogP contribution in [0.3, 0.4) is 0 Å². The summed E-state index contributed by atoms with van der Waals surface area (Å²) in [6, 6.07) is 10.6. The van der Waals surface area contributed by atoms with Gasteiger partial charge in [-0.2, -0.15) is 0 Å². The second kappa shape index (κ2) is 5.13. The van der Waals surface area contributed by atoms with Crippen LogP contribution >= 0.6 is 0 Å². The van der Waals surface area contributed by atoms with Crippen molar-refractivity contribution in [3.05, 3.63) is 47.8 Å². The molecule has 0 aliphatic carbocycles. The van der Waals surface area contributed by atoms with Crippen molar-refractivity contribution in [2.24, 2.45) is 0 Å². The molecule has 1 heterocycles. The Kier molecular flexibility index (Phi) is 3.39. The third kappa shape index (κ3) is 2.56. The minimum absolute atomic E-state index is 0.0412. The molecule has 22 heavy (non-hydrogen) atoms. The molecule has 0 aliphatic rings. The van der Waals surface area contributed by atoms with E-state index in [1.165, 1.54) is 18.7 Å². The van der Waals surface area contributed by atoms with Crippen molar-refractivity contribution in [1.29, 1.82) is 0 Å². The van der Waals surface area contributed by atoms with Gasteiger partial charge in [0.25, 0.3) is 0 Å². The molecule has 4 heteroatoms. The molecule has 3 aromatic rings. The highest BCUT2D eigenvalue weighted by atomic mass is 19.1. The lowest BCUT2D eigenvalue weighted by Crippen LogP contribution is -2.10. The largest absolute Gasteiger partial charge is 0.494 e. The molecule has 1 aromatic heterocycles. The maximum absolute atomic E-state index is 13.8. The molecule has 0 atom stereocenters. The maximum atomic E-state index is 13.8. The Morgan fingerprint density at radius 2 is 1.86 bits per heavy atom. The summed E-state index contributed by atoms with van der Waals surface area (Å²) >= 11 is 0. The van der Waals surface area contributed by atoms with Crippen LogP contribution in [0.1, 0.15) is 26.3 Å². The van der Waals surface area contributed by atoms with Crippen LogP contribution in [0.4, 0.5) is 4.39 Å². The topological polar surface area (TPSA) is 35.3 Å². The summed E-state index contributed by atoms with van der Waals surface area (Å²) in [5, 5.41) is 0. The van der Waals surface area contributed by atoms with Crippen molar-refractivity contribution in [1.82, 2.24) is 4.98 Å². The van der Waals surface area contributed by atoms with Crippen molar-refractivity contribution in [3.63, 3.8) is 0 Å². The lowest BCUT2D eigenvalue weighted by Gasteiger charge is -2.18. The first kappa shape index (κ1) is 14.6. The molecule has 0 saturated carbocycles. The number of halogens is 1. The van der Waals surface area contributed by atoms with Gasteiger partial charge in [-0.3, -0.25) is 0 Å². The summed E-state index contributed by atoms with van der Waals surface area (Å²) in [7, 11) is 1.44. The van der Waals surface area contributed by atoms with Crippen LogP contribution in [-0.2, 0) is 5.41 Å². The smallest absolute Gasteiger partial charge is 0.227 e. The second-order valence-corrected chi connectivity index (χ2v) is 6.30. The number of ether oxygens (including phenoxy) is 1. The molecule has 0 radical (unpaired) electrons. The third-order valence-electron chi connectivity index (χ3n) is 3.65. The van der Waals surface area contributed by atoms with Gasteiger partial charge in [0.2, 0.25) is 5.89 Å². The number of hydrogen-bond donors (Lipinski definition) is 0. The highest BCUT2D eigenvalue weighted by Gasteiger charge is 2.16. The van der Waals surface area contributed by atoms with Crippen molar-refractivity contribution in [2.75, 3.05) is 7.11 Å². The van der Waals surface area contributed by atoms with Crippen LogP contribution < -0.4 is 4.74 Å². The van der Waals surface area contributed by atoms with E-state index in [4.69, 9.17) is 9.15 Å². The highest BCUT2D eigenvalue weighted by Crippen LogP contribution is 2.30. The summed E-state index contributed by atoms with van der Waals surface area (Å²) < 4.78 is 24.5. The SMILES string of the molecule is COc1ccc(-c2nc3cc(C(C)(C)C)ccc3o2)cc1F. The molecule has 114 valence electrons. The van der Waals surface area contributed by atoms with E-state index in [1.807, 2.05) is 18.2 Å². The number of methoxy groups -OCH3 is 1. The van der Waals surface area contributed by atoms with Gasteiger partial charge < -0.3 is 9.15 Å². The second-order valence-electron chi connectivity index (χ2n) is 6.30. The molecule has 0 bridgehead atoms. The highest BCUT2D eigenvalue weighted by molar-refractivity contribution is 5.77. The number of nitrogens with zero attached hydrogens (tertiary/aromatic N) is 1. The average Bonchev–Trinajstić information content (AvgIpc) is 2.89. The van der Waals surface area contributed by atoms with Crippen molar-refractivity contribution < 1.29 is 13.5 Å². The normalized spacial score (nSPS) is 11.9. The predicted octanol–water partition coefficient (Wildman–Crippen LogP) is 4.94. The molecular weight excluding hydrogens is 281 g/mol. The zero-order chi connectivity index (χ0) is 15.9. The van der Waals surface area contributed by atoms with E-state index >= 15 is 0 Å². The third-order valence-corrected chi connectivity index (χ3v) is 3.65. The number of fused-ring (bicyclic) bond motifs is 1. The summed E-state index contributed by atoms with van der Waals surface area (Å²) in [6.07, 6.45) is 0. The fourth-order valence-corrected chi connectivity index (χ4v) is 2.32. The number of aromatic nitrogens is 1. The van der Waals surface area contributed by atoms with Crippen LogP contribution in [0, 0.1) is 5.82 Å². The lowest BCUT2D eigenvalue weighted by atomic mass is 9.87. The fraction of sp³-hybridized carbons (Fsp3) is 0.278. The Morgan fingerprint density at radius 3 is 2.50 bits per heavy atom. The summed E-state index contributed by atoms with van der Waals surface area (Å²) in [6.45, 7) is 6.44. The van der Waals surface area contributed by atoms with Crippen LogP contribution in [0.5, 0.6) is 5.75 Å². The minimum Gasteiger partial charge on any atom is -0.494 e. The average molecular weight is 299 g/mol. The number of rotatable bonds is 2. The van der Waals surface area contributed by atoms with Crippen LogP contribution in [0.2, 0.25) is 0 Å². The molecular formula is C18H18FNO2. The van der Waals surface area contributed by atoms with Gasteiger partial charge in [0.1, 0.15) is 5.52 Å². The van der Waals surface area contributed by atoms with Gasteiger partial charge in [0, 0.05) is 5.56 Å². The Hall–Kier alpha value is -2.36. The van der Waals surface area contributed by atoms with E-state index in [2.05, 4.69) is 25.8 Å². The summed E-state index contributed by atoms with van der Waals surface area (Å²) in [5.74, 6) is 0.176. The minimum atomic E-state index is -0.433. The Labute approximate surface area is 128 Å². The molecule has 0 spiro atoms. The first-order valence-corrected chi connectivity index (χ1v) is 7.13. The van der Waals surface area contributed by atoms with Gasteiger partial charge in [0.15, 0.2) is 17.1 Å². The molecule has 0 aliphatic heterocycles. The van der Waals surface area contributed by atoms with Gasteiger partial charge in [-0.15, -0.1) is 0 Å². The van der Waals surface area contributed by atoms with E-state index < -0.39 is 5.82 Å². The predicted molar refractivity (Wildman–Crippen MR) is 84.7 cm³/mol. The number of oxazole rings is 1. The molecule has 0 unspecified atom stereocenters. The summed E-state index contributed by atoms with van der Waals surface area (Å²) in [4.78, 5) is 4.48. The molecule has 0 saturated heterocycles. The summed E-state index contributed by atoms with van der Waals surface area (Å²) in [5.41, 5.74) is 3.28. The fourth-order valence-electron chi connectivity index (χ4n) is 2.32. The van der Waals surface area contributed by atoms with Gasteiger partial charge in [-0.25, -0.2) is 9.37 Å². The van der Waals surface area contributed by atoms with E-state index in [0.29, 0.717) is 17.0 Å². The molecule has 3 rings (SSSR count). The molecule has 0 N–H and O–H groups in total. The monoisotopic (exact) mass is 299 g/mol. The Morgan fingerprint density at radius 1 is 1.09 bits per heavy atom. The molecule has 2 aromatic carbocycles. The maximum Gasteiger partial charge on any atom is 0.227 e. The van der Waals surface area contributed by atoms with Gasteiger partial charge in [0.05, 0.1) is 7.11 Å². The Bertz CT molecular complexity index is 831. The van der Waals surface area contributed by atoms with Gasteiger partial charge in [-0.05, 0) is 41.3 Å². The quantitative estimate of drug-likeness (QED) is 0.672. The molecule has 0 amide bonds. The molecule has 0 fully saturated rings. The van der Waals surface area contributed by atoms with Gasteiger partial charge >= 0.3 is 0 Å². The van der Waals surface area contributed by atoms with Crippen molar-refractivity contribution in [2.45, 2.75) is 26.2 Å². The Balaban J connectivity index is 2.07. The van der Waals surface area contributed by atoms with E-state index in [1.54, 1.807) is 12.1 Å².